The fraction of sp³-hybridized carbons (Fsp3) is 0.300. The number of hydrogen-bond acceptors (Lipinski definition) is 7. The van der Waals surface area contributed by atoms with Crippen LogP contribution in [0.15, 0.2) is 42.5 Å². The van der Waals surface area contributed by atoms with Crippen LogP contribution in [0.3, 0.4) is 0 Å². The molecule has 0 bridgehead atoms. The molecule has 0 saturated carbocycles. The number of hydrogen-bond donors (Lipinski definition) is 2. The van der Waals surface area contributed by atoms with Crippen LogP contribution in [0.5, 0.6) is 17.2 Å². The van der Waals surface area contributed by atoms with Crippen molar-refractivity contribution >= 4 is 11.9 Å². The summed E-state index contributed by atoms with van der Waals surface area (Å²) in [5.41, 5.74) is 0.488. The molecule has 0 aliphatic heterocycles. The first-order chi connectivity index (χ1) is 14.6. The molecule has 0 radical (unpaired) electrons. The lowest BCUT2D eigenvalue weighted by Crippen LogP contribution is -2.28. The molecule has 0 aliphatic rings. The molecular formula is C20H20F3NO7. The number of aliphatic hydroxyl groups excluding tert-OH is 1. The second-order valence-electron chi connectivity index (χ2n) is 6.07. The summed E-state index contributed by atoms with van der Waals surface area (Å²) in [6.07, 6.45) is -5.97. The molecule has 0 fully saturated rings. The van der Waals surface area contributed by atoms with E-state index in [9.17, 15) is 27.9 Å². The average Bonchev–Trinajstić information content (AvgIpc) is 2.74. The molecule has 0 aromatic heterocycles. The number of halogens is 3. The van der Waals surface area contributed by atoms with Gasteiger partial charge in [-0.1, -0.05) is 12.1 Å². The van der Waals surface area contributed by atoms with E-state index < -0.39 is 30.1 Å². The first kappa shape index (κ1) is 23.8. The maximum atomic E-state index is 12.3. The number of ether oxygens (including phenoxy) is 4. The third kappa shape index (κ3) is 7.37. The molecule has 2 aromatic carbocycles. The van der Waals surface area contributed by atoms with Crippen molar-refractivity contribution in [2.45, 2.75) is 12.5 Å². The number of carbonyl (C=O) groups excluding carboxylic acids is 2. The lowest BCUT2D eigenvalue weighted by Gasteiger charge is -2.15. The summed E-state index contributed by atoms with van der Waals surface area (Å²) in [5.74, 6) is -1.11. The zero-order valence-electron chi connectivity index (χ0n) is 16.6. The van der Waals surface area contributed by atoms with E-state index in [0.29, 0.717) is 5.56 Å². The lowest BCUT2D eigenvalue weighted by molar-refractivity contribution is -0.274. The van der Waals surface area contributed by atoms with Gasteiger partial charge in [0.1, 0.15) is 5.75 Å². The summed E-state index contributed by atoms with van der Waals surface area (Å²) in [7, 11) is 2.58. The van der Waals surface area contributed by atoms with E-state index in [1.807, 2.05) is 0 Å². The Hall–Kier alpha value is -3.47. The van der Waals surface area contributed by atoms with Gasteiger partial charge >= 0.3 is 12.3 Å². The Morgan fingerprint density at radius 1 is 1.06 bits per heavy atom. The van der Waals surface area contributed by atoms with Crippen molar-refractivity contribution in [3.8, 4) is 17.2 Å². The standard InChI is InChI=1S/C20H20F3NO7/c1-28-17-9-13(5-8-16(17)30-11-18(26)29-2)19(27)24-10-15(25)12-3-6-14(7-4-12)31-20(21,22)23/h3-9,15,25H,10-11H2,1-2H3,(H,24,27). The number of aliphatic hydroxyl groups is 1. The molecule has 2 rings (SSSR count). The minimum atomic E-state index is -4.81. The van der Waals surface area contributed by atoms with Crippen molar-refractivity contribution in [2.24, 2.45) is 0 Å². The molecule has 0 saturated heterocycles. The monoisotopic (exact) mass is 443 g/mol. The van der Waals surface area contributed by atoms with Crippen molar-refractivity contribution in [1.82, 2.24) is 5.32 Å². The molecule has 0 aliphatic carbocycles. The zero-order chi connectivity index (χ0) is 23.0. The number of methoxy groups -OCH3 is 2. The van der Waals surface area contributed by atoms with Crippen LogP contribution < -0.4 is 19.5 Å². The maximum absolute atomic E-state index is 12.3. The summed E-state index contributed by atoms with van der Waals surface area (Å²) in [6, 6.07) is 8.89. The summed E-state index contributed by atoms with van der Waals surface area (Å²) < 4.78 is 55.2. The van der Waals surface area contributed by atoms with Gasteiger partial charge in [-0.15, -0.1) is 13.2 Å². The Kier molecular flexibility index (Phi) is 8.08. The summed E-state index contributed by atoms with van der Waals surface area (Å²) in [6.45, 7) is -0.529. The first-order valence-electron chi connectivity index (χ1n) is 8.82. The molecule has 0 heterocycles. The highest BCUT2D eigenvalue weighted by Gasteiger charge is 2.31. The van der Waals surface area contributed by atoms with E-state index in [4.69, 9.17) is 9.47 Å². The maximum Gasteiger partial charge on any atom is 0.573 e. The fourth-order valence-corrected chi connectivity index (χ4v) is 2.42. The molecule has 0 spiro atoms. The van der Waals surface area contributed by atoms with E-state index >= 15 is 0 Å². The summed E-state index contributed by atoms with van der Waals surface area (Å²) >= 11 is 0. The molecule has 1 amide bonds. The quantitative estimate of drug-likeness (QED) is 0.575. The van der Waals surface area contributed by atoms with Crippen molar-refractivity contribution < 1.29 is 46.8 Å². The Labute approximate surface area is 175 Å². The number of esters is 1. The zero-order valence-corrected chi connectivity index (χ0v) is 16.6. The molecule has 168 valence electrons. The molecule has 31 heavy (non-hydrogen) atoms. The predicted octanol–water partition coefficient (Wildman–Crippen LogP) is 2.61. The highest BCUT2D eigenvalue weighted by atomic mass is 19.4. The molecule has 2 N–H and O–H groups in total. The van der Waals surface area contributed by atoms with Gasteiger partial charge < -0.3 is 29.4 Å². The van der Waals surface area contributed by atoms with Crippen LogP contribution in [0.25, 0.3) is 0 Å². The molecular weight excluding hydrogens is 423 g/mol. The highest BCUT2D eigenvalue weighted by molar-refractivity contribution is 5.94. The minimum Gasteiger partial charge on any atom is -0.493 e. The normalized spacial score (nSPS) is 11.9. The second kappa shape index (κ2) is 10.5. The number of alkyl halides is 3. The van der Waals surface area contributed by atoms with Crippen molar-refractivity contribution in [1.29, 1.82) is 0 Å². The van der Waals surface area contributed by atoms with Crippen molar-refractivity contribution in [3.05, 3.63) is 53.6 Å². The van der Waals surface area contributed by atoms with Crippen LogP contribution in [-0.4, -0.2) is 50.7 Å². The minimum absolute atomic E-state index is 0.193. The lowest BCUT2D eigenvalue weighted by atomic mass is 10.1. The van der Waals surface area contributed by atoms with E-state index in [-0.39, 0.29) is 30.2 Å². The predicted molar refractivity (Wildman–Crippen MR) is 101 cm³/mol. The molecule has 2 aromatic rings. The number of amides is 1. The fourth-order valence-electron chi connectivity index (χ4n) is 2.42. The second-order valence-corrected chi connectivity index (χ2v) is 6.07. The number of carbonyl (C=O) groups is 2. The van der Waals surface area contributed by atoms with Gasteiger partial charge in [-0.3, -0.25) is 4.79 Å². The highest BCUT2D eigenvalue weighted by Crippen LogP contribution is 2.28. The largest absolute Gasteiger partial charge is 0.573 e. The van der Waals surface area contributed by atoms with E-state index in [1.165, 1.54) is 44.6 Å². The summed E-state index contributed by atoms with van der Waals surface area (Å²) in [4.78, 5) is 23.5. The van der Waals surface area contributed by atoms with E-state index in [1.54, 1.807) is 0 Å². The third-order valence-corrected chi connectivity index (χ3v) is 3.95. The van der Waals surface area contributed by atoms with Gasteiger partial charge in [0.15, 0.2) is 18.1 Å². The Balaban J connectivity index is 1.96. The van der Waals surface area contributed by atoms with Gasteiger partial charge in [0.2, 0.25) is 0 Å². The topological polar surface area (TPSA) is 103 Å². The van der Waals surface area contributed by atoms with E-state index in [2.05, 4.69) is 14.8 Å². The van der Waals surface area contributed by atoms with Crippen molar-refractivity contribution in [2.75, 3.05) is 27.4 Å². The Morgan fingerprint density at radius 2 is 1.74 bits per heavy atom. The number of nitrogens with one attached hydrogen (secondary N) is 1. The van der Waals surface area contributed by atoms with Gasteiger partial charge in [-0.05, 0) is 35.9 Å². The van der Waals surface area contributed by atoms with Crippen LogP contribution in [0.2, 0.25) is 0 Å². The molecule has 11 heteroatoms. The van der Waals surface area contributed by atoms with Gasteiger partial charge in [-0.25, -0.2) is 4.79 Å². The van der Waals surface area contributed by atoms with Gasteiger partial charge in [0.05, 0.1) is 20.3 Å². The van der Waals surface area contributed by atoms with Gasteiger partial charge in [0, 0.05) is 12.1 Å². The molecule has 1 atom stereocenters. The molecule has 8 nitrogen and oxygen atoms in total. The van der Waals surface area contributed by atoms with Gasteiger partial charge in [0.25, 0.3) is 5.91 Å². The van der Waals surface area contributed by atoms with Crippen LogP contribution in [0, 0.1) is 0 Å². The number of rotatable bonds is 9. The van der Waals surface area contributed by atoms with E-state index in [0.717, 1.165) is 12.1 Å². The van der Waals surface area contributed by atoms with Crippen LogP contribution in [-0.2, 0) is 9.53 Å². The Morgan fingerprint density at radius 3 is 2.32 bits per heavy atom. The molecule has 1 unspecified atom stereocenters. The smallest absolute Gasteiger partial charge is 0.493 e. The van der Waals surface area contributed by atoms with Crippen molar-refractivity contribution in [3.63, 3.8) is 0 Å². The SMILES string of the molecule is COC(=O)COc1ccc(C(=O)NCC(O)c2ccc(OC(F)(F)F)cc2)cc1OC. The van der Waals surface area contributed by atoms with Crippen LogP contribution >= 0.6 is 0 Å². The third-order valence-electron chi connectivity index (χ3n) is 3.95. The first-order valence-corrected chi connectivity index (χ1v) is 8.82. The average molecular weight is 443 g/mol. The summed E-state index contributed by atoms with van der Waals surface area (Å²) in [5, 5.41) is 12.7. The van der Waals surface area contributed by atoms with Gasteiger partial charge in [-0.2, -0.15) is 0 Å². The number of benzene rings is 2. The Bertz CT molecular complexity index is 901. The van der Waals surface area contributed by atoms with Crippen LogP contribution in [0.4, 0.5) is 13.2 Å². The van der Waals surface area contributed by atoms with Crippen LogP contribution in [0.1, 0.15) is 22.0 Å².